The second-order valence-corrected chi connectivity index (χ2v) is 9.62. The highest BCUT2D eigenvalue weighted by Gasteiger charge is 2.59. The highest BCUT2D eigenvalue weighted by Crippen LogP contribution is 2.65. The second-order valence-electron chi connectivity index (χ2n) is 8.82. The Bertz CT molecular complexity index is 430. The van der Waals surface area contributed by atoms with Crippen LogP contribution in [0.15, 0.2) is 0 Å². The van der Waals surface area contributed by atoms with Gasteiger partial charge >= 0.3 is 0 Å². The molecule has 3 heteroatoms. The molecule has 5 aliphatic rings. The zero-order chi connectivity index (χ0) is 14.7. The quantitative estimate of drug-likeness (QED) is 0.687. The standard InChI is InChI=1S/C18H28BrNO/c1-17-8-13-7-14(9-17)11-18(10-13,12-17)16(21)20(6-5-19)15-3-2-4-15/h13-15H,2-12H2,1H3. The SMILES string of the molecule is CC12CC3CC(C1)CC(C(=O)N(CCBr)C1CCC1)(C3)C2. The molecule has 5 saturated carbocycles. The van der Waals surface area contributed by atoms with Crippen LogP contribution in [-0.4, -0.2) is 28.7 Å². The summed E-state index contributed by atoms with van der Waals surface area (Å²) >= 11 is 3.57. The number of rotatable bonds is 4. The number of carbonyl (C=O) groups is 1. The van der Waals surface area contributed by atoms with Crippen molar-refractivity contribution < 1.29 is 4.79 Å². The lowest BCUT2D eigenvalue weighted by Crippen LogP contribution is -2.59. The van der Waals surface area contributed by atoms with E-state index in [2.05, 4.69) is 27.8 Å². The zero-order valence-electron chi connectivity index (χ0n) is 13.2. The van der Waals surface area contributed by atoms with Crippen molar-refractivity contribution in [1.82, 2.24) is 4.90 Å². The lowest BCUT2D eigenvalue weighted by molar-refractivity contribution is -0.169. The molecule has 0 N–H and O–H groups in total. The summed E-state index contributed by atoms with van der Waals surface area (Å²) in [5.74, 6) is 2.21. The van der Waals surface area contributed by atoms with Crippen LogP contribution in [0.5, 0.6) is 0 Å². The third-order valence-electron chi connectivity index (χ3n) is 6.91. The molecule has 0 aromatic rings. The number of amides is 1. The number of alkyl halides is 1. The van der Waals surface area contributed by atoms with Gasteiger partial charge in [0.1, 0.15) is 0 Å². The monoisotopic (exact) mass is 353 g/mol. The van der Waals surface area contributed by atoms with Crippen molar-refractivity contribution in [1.29, 1.82) is 0 Å². The molecule has 2 atom stereocenters. The Balaban J connectivity index is 1.60. The first kappa shape index (κ1) is 14.5. The zero-order valence-corrected chi connectivity index (χ0v) is 14.8. The molecule has 0 radical (unpaired) electrons. The number of nitrogens with zero attached hydrogens (tertiary/aromatic N) is 1. The normalized spacial score (nSPS) is 44.7. The summed E-state index contributed by atoms with van der Waals surface area (Å²) in [7, 11) is 0. The number of carbonyl (C=O) groups excluding carboxylic acids is 1. The van der Waals surface area contributed by atoms with Crippen molar-refractivity contribution in [3.8, 4) is 0 Å². The molecule has 5 aliphatic carbocycles. The van der Waals surface area contributed by atoms with Crippen molar-refractivity contribution in [2.45, 2.75) is 70.8 Å². The summed E-state index contributed by atoms with van der Waals surface area (Å²) in [5.41, 5.74) is 0.496. The molecule has 0 aliphatic heterocycles. The van der Waals surface area contributed by atoms with E-state index in [-0.39, 0.29) is 5.41 Å². The predicted molar refractivity (Wildman–Crippen MR) is 88.4 cm³/mol. The summed E-state index contributed by atoms with van der Waals surface area (Å²) < 4.78 is 0. The van der Waals surface area contributed by atoms with Crippen molar-refractivity contribution in [2.75, 3.05) is 11.9 Å². The van der Waals surface area contributed by atoms with E-state index in [0.29, 0.717) is 17.4 Å². The van der Waals surface area contributed by atoms with E-state index in [1.165, 1.54) is 57.8 Å². The summed E-state index contributed by atoms with van der Waals surface area (Å²) in [6.07, 6.45) is 11.5. The van der Waals surface area contributed by atoms with Gasteiger partial charge in [-0.2, -0.15) is 0 Å². The van der Waals surface area contributed by atoms with Crippen LogP contribution in [0.2, 0.25) is 0 Å². The molecule has 2 unspecified atom stereocenters. The van der Waals surface area contributed by atoms with E-state index in [4.69, 9.17) is 0 Å². The van der Waals surface area contributed by atoms with Gasteiger partial charge in [0.05, 0.1) is 5.41 Å². The van der Waals surface area contributed by atoms with Crippen LogP contribution in [0, 0.1) is 22.7 Å². The fourth-order valence-electron chi connectivity index (χ4n) is 6.51. The van der Waals surface area contributed by atoms with Crippen LogP contribution in [-0.2, 0) is 4.79 Å². The first-order valence-corrected chi connectivity index (χ1v) is 10.0. The first-order chi connectivity index (χ1) is 10.0. The summed E-state index contributed by atoms with van der Waals surface area (Å²) in [6, 6.07) is 0.552. The average Bonchev–Trinajstić information content (AvgIpc) is 2.32. The van der Waals surface area contributed by atoms with Gasteiger partial charge in [0.25, 0.3) is 0 Å². The van der Waals surface area contributed by atoms with Crippen molar-refractivity contribution in [3.05, 3.63) is 0 Å². The van der Waals surface area contributed by atoms with Crippen molar-refractivity contribution in [2.24, 2.45) is 22.7 Å². The van der Waals surface area contributed by atoms with Crippen LogP contribution in [0.4, 0.5) is 0 Å². The maximum absolute atomic E-state index is 13.5. The van der Waals surface area contributed by atoms with E-state index in [1.54, 1.807) is 0 Å². The maximum atomic E-state index is 13.5. The molecular weight excluding hydrogens is 326 g/mol. The van der Waals surface area contributed by atoms with Gasteiger partial charge < -0.3 is 4.90 Å². The molecule has 118 valence electrons. The van der Waals surface area contributed by atoms with Crippen molar-refractivity contribution >= 4 is 21.8 Å². The van der Waals surface area contributed by atoms with Gasteiger partial charge in [-0.15, -0.1) is 0 Å². The Hall–Kier alpha value is -0.0500. The fraction of sp³-hybridized carbons (Fsp3) is 0.944. The van der Waals surface area contributed by atoms with E-state index in [9.17, 15) is 4.79 Å². The summed E-state index contributed by atoms with van der Waals surface area (Å²) in [6.45, 7) is 3.38. The minimum atomic E-state index is 0.0244. The molecule has 21 heavy (non-hydrogen) atoms. The van der Waals surface area contributed by atoms with E-state index in [0.717, 1.165) is 23.7 Å². The van der Waals surface area contributed by atoms with Gasteiger partial charge in [-0.05, 0) is 75.0 Å². The molecule has 1 amide bonds. The topological polar surface area (TPSA) is 20.3 Å². The molecular formula is C18H28BrNO. The minimum Gasteiger partial charge on any atom is -0.338 e. The molecule has 5 fully saturated rings. The molecule has 5 rings (SSSR count). The Morgan fingerprint density at radius 2 is 1.86 bits per heavy atom. The minimum absolute atomic E-state index is 0.0244. The first-order valence-electron chi connectivity index (χ1n) is 8.91. The predicted octanol–water partition coefficient (Wildman–Crippen LogP) is 4.37. The molecule has 4 bridgehead atoms. The molecule has 0 spiro atoms. The van der Waals surface area contributed by atoms with Crippen molar-refractivity contribution in [3.63, 3.8) is 0 Å². The van der Waals surface area contributed by atoms with Gasteiger partial charge in [0.15, 0.2) is 0 Å². The Morgan fingerprint density at radius 3 is 2.33 bits per heavy atom. The third kappa shape index (κ3) is 2.29. The van der Waals surface area contributed by atoms with Gasteiger partial charge in [-0.1, -0.05) is 22.9 Å². The Kier molecular flexibility index (Phi) is 3.44. The van der Waals surface area contributed by atoms with Gasteiger partial charge in [0.2, 0.25) is 5.91 Å². The fourth-order valence-corrected chi connectivity index (χ4v) is 6.90. The van der Waals surface area contributed by atoms with Crippen LogP contribution in [0.1, 0.15) is 64.7 Å². The largest absolute Gasteiger partial charge is 0.338 e. The maximum Gasteiger partial charge on any atom is 0.229 e. The lowest BCUT2D eigenvalue weighted by atomic mass is 9.44. The number of halogens is 1. The average molecular weight is 354 g/mol. The molecule has 0 saturated heterocycles. The molecule has 0 aromatic carbocycles. The summed E-state index contributed by atoms with van der Waals surface area (Å²) in [5, 5.41) is 0.926. The second kappa shape index (κ2) is 4.97. The number of hydrogen-bond donors (Lipinski definition) is 0. The van der Waals surface area contributed by atoms with Gasteiger partial charge in [-0.3, -0.25) is 4.79 Å². The van der Waals surface area contributed by atoms with Gasteiger partial charge in [0, 0.05) is 17.9 Å². The smallest absolute Gasteiger partial charge is 0.229 e. The van der Waals surface area contributed by atoms with Crippen LogP contribution < -0.4 is 0 Å². The molecule has 2 nitrogen and oxygen atoms in total. The van der Waals surface area contributed by atoms with Gasteiger partial charge in [-0.25, -0.2) is 0 Å². The highest BCUT2D eigenvalue weighted by atomic mass is 79.9. The van der Waals surface area contributed by atoms with Crippen LogP contribution in [0.3, 0.4) is 0 Å². The Labute approximate surface area is 137 Å². The summed E-state index contributed by atoms with van der Waals surface area (Å²) in [4.78, 5) is 15.7. The van der Waals surface area contributed by atoms with E-state index in [1.807, 2.05) is 0 Å². The molecule has 0 heterocycles. The van der Waals surface area contributed by atoms with Crippen LogP contribution >= 0.6 is 15.9 Å². The van der Waals surface area contributed by atoms with Crippen LogP contribution in [0.25, 0.3) is 0 Å². The lowest BCUT2D eigenvalue weighted by Gasteiger charge is -2.61. The Morgan fingerprint density at radius 1 is 1.19 bits per heavy atom. The van der Waals surface area contributed by atoms with E-state index >= 15 is 0 Å². The molecule has 0 aromatic heterocycles. The van der Waals surface area contributed by atoms with E-state index < -0.39 is 0 Å². The number of hydrogen-bond acceptors (Lipinski definition) is 1. The highest BCUT2D eigenvalue weighted by molar-refractivity contribution is 9.09. The third-order valence-corrected chi connectivity index (χ3v) is 7.26.